The van der Waals surface area contributed by atoms with E-state index < -0.39 is 0 Å². The molecule has 0 saturated heterocycles. The molecule has 0 aliphatic rings. The van der Waals surface area contributed by atoms with Crippen LogP contribution in [-0.2, 0) is 5.41 Å². The first-order valence-corrected chi connectivity index (χ1v) is 5.49. The molecule has 0 aromatic carbocycles. The maximum absolute atomic E-state index is 4.23. The van der Waals surface area contributed by atoms with Crippen molar-refractivity contribution in [3.63, 3.8) is 0 Å². The van der Waals surface area contributed by atoms with Gasteiger partial charge in [-0.05, 0) is 36.5 Å². The van der Waals surface area contributed by atoms with Crippen LogP contribution in [0.4, 0.5) is 0 Å². The van der Waals surface area contributed by atoms with Gasteiger partial charge in [-0.15, -0.1) is 0 Å². The van der Waals surface area contributed by atoms with Crippen molar-refractivity contribution < 1.29 is 0 Å². The van der Waals surface area contributed by atoms with E-state index in [0.29, 0.717) is 5.41 Å². The summed E-state index contributed by atoms with van der Waals surface area (Å²) in [6.45, 7) is 8.93. The van der Waals surface area contributed by atoms with Gasteiger partial charge in [0, 0.05) is 11.9 Å². The molecular formula is C13H21N. The van der Waals surface area contributed by atoms with Gasteiger partial charge in [-0.1, -0.05) is 33.6 Å². The Hall–Kier alpha value is -0.850. The molecule has 0 saturated carbocycles. The SMILES string of the molecule is CCCCC(C)(C)c1ccnc(C)c1. The van der Waals surface area contributed by atoms with E-state index in [9.17, 15) is 0 Å². The Balaban J connectivity index is 2.80. The Kier molecular flexibility index (Phi) is 3.68. The zero-order valence-corrected chi connectivity index (χ0v) is 9.80. The van der Waals surface area contributed by atoms with E-state index in [1.54, 1.807) is 0 Å². The summed E-state index contributed by atoms with van der Waals surface area (Å²) in [7, 11) is 0. The lowest BCUT2D eigenvalue weighted by Gasteiger charge is -2.25. The first-order valence-electron chi connectivity index (χ1n) is 5.49. The molecule has 14 heavy (non-hydrogen) atoms. The van der Waals surface area contributed by atoms with Gasteiger partial charge in [0.15, 0.2) is 0 Å². The van der Waals surface area contributed by atoms with Gasteiger partial charge in [0.05, 0.1) is 0 Å². The van der Waals surface area contributed by atoms with Gasteiger partial charge < -0.3 is 0 Å². The van der Waals surface area contributed by atoms with Crippen LogP contribution in [0, 0.1) is 6.92 Å². The second-order valence-corrected chi connectivity index (χ2v) is 4.67. The minimum Gasteiger partial charge on any atom is -0.262 e. The molecule has 0 N–H and O–H groups in total. The van der Waals surface area contributed by atoms with Crippen molar-refractivity contribution in [3.8, 4) is 0 Å². The second kappa shape index (κ2) is 4.59. The highest BCUT2D eigenvalue weighted by Crippen LogP contribution is 2.28. The number of aryl methyl sites for hydroxylation is 1. The molecule has 0 aliphatic carbocycles. The predicted octanol–water partition coefficient (Wildman–Crippen LogP) is 3.86. The molecule has 0 fully saturated rings. The highest BCUT2D eigenvalue weighted by Gasteiger charge is 2.19. The highest BCUT2D eigenvalue weighted by molar-refractivity contribution is 5.23. The van der Waals surface area contributed by atoms with Crippen molar-refractivity contribution >= 4 is 0 Å². The maximum Gasteiger partial charge on any atom is 0.0375 e. The van der Waals surface area contributed by atoms with Crippen molar-refractivity contribution in [2.75, 3.05) is 0 Å². The molecule has 0 unspecified atom stereocenters. The number of rotatable bonds is 4. The lowest BCUT2D eigenvalue weighted by atomic mass is 9.80. The summed E-state index contributed by atoms with van der Waals surface area (Å²) in [5.41, 5.74) is 2.83. The molecule has 0 aliphatic heterocycles. The van der Waals surface area contributed by atoms with E-state index in [1.165, 1.54) is 24.8 Å². The minimum atomic E-state index is 0.295. The van der Waals surface area contributed by atoms with Crippen LogP contribution in [0.2, 0.25) is 0 Å². The van der Waals surface area contributed by atoms with Crippen LogP contribution in [0.15, 0.2) is 18.3 Å². The third-order valence-corrected chi connectivity index (χ3v) is 2.83. The van der Waals surface area contributed by atoms with Gasteiger partial charge in [-0.3, -0.25) is 4.98 Å². The fourth-order valence-electron chi connectivity index (χ4n) is 1.73. The molecule has 0 radical (unpaired) electrons. The molecule has 1 aromatic heterocycles. The highest BCUT2D eigenvalue weighted by atomic mass is 14.6. The minimum absolute atomic E-state index is 0.295. The quantitative estimate of drug-likeness (QED) is 0.704. The van der Waals surface area contributed by atoms with E-state index in [4.69, 9.17) is 0 Å². The number of unbranched alkanes of at least 4 members (excludes halogenated alkanes) is 1. The summed E-state index contributed by atoms with van der Waals surface area (Å²) in [6, 6.07) is 4.35. The predicted molar refractivity (Wildman–Crippen MR) is 61.5 cm³/mol. The maximum atomic E-state index is 4.23. The van der Waals surface area contributed by atoms with Crippen molar-refractivity contribution in [1.82, 2.24) is 4.98 Å². The monoisotopic (exact) mass is 191 g/mol. The third-order valence-electron chi connectivity index (χ3n) is 2.83. The zero-order valence-electron chi connectivity index (χ0n) is 9.80. The number of hydrogen-bond acceptors (Lipinski definition) is 1. The first kappa shape index (κ1) is 11.2. The molecule has 0 bridgehead atoms. The average Bonchev–Trinajstić information content (AvgIpc) is 2.15. The van der Waals surface area contributed by atoms with E-state index in [2.05, 4.69) is 44.8 Å². The van der Waals surface area contributed by atoms with Gasteiger partial charge in [-0.25, -0.2) is 0 Å². The lowest BCUT2D eigenvalue weighted by molar-refractivity contribution is 0.457. The fraction of sp³-hybridized carbons (Fsp3) is 0.615. The standard InChI is InChI=1S/C13H21N/c1-5-6-8-13(3,4)12-7-9-14-11(2)10-12/h7,9-10H,5-6,8H2,1-4H3. The van der Waals surface area contributed by atoms with Gasteiger partial charge in [0.2, 0.25) is 0 Å². The summed E-state index contributed by atoms with van der Waals surface area (Å²) in [4.78, 5) is 4.23. The number of aromatic nitrogens is 1. The summed E-state index contributed by atoms with van der Waals surface area (Å²) in [6.07, 6.45) is 5.74. The van der Waals surface area contributed by atoms with Crippen LogP contribution in [0.3, 0.4) is 0 Å². The molecule has 0 spiro atoms. The van der Waals surface area contributed by atoms with Crippen molar-refractivity contribution in [3.05, 3.63) is 29.6 Å². The topological polar surface area (TPSA) is 12.9 Å². The molecule has 78 valence electrons. The van der Waals surface area contributed by atoms with E-state index in [1.807, 2.05) is 6.20 Å². The molecule has 0 amide bonds. The van der Waals surface area contributed by atoms with Gasteiger partial charge in [0.25, 0.3) is 0 Å². The summed E-state index contributed by atoms with van der Waals surface area (Å²) in [5.74, 6) is 0. The Morgan fingerprint density at radius 3 is 2.64 bits per heavy atom. The fourth-order valence-corrected chi connectivity index (χ4v) is 1.73. The molecule has 1 nitrogen and oxygen atoms in total. The molecule has 0 atom stereocenters. The van der Waals surface area contributed by atoms with Crippen LogP contribution in [0.25, 0.3) is 0 Å². The smallest absolute Gasteiger partial charge is 0.0375 e. The molecular weight excluding hydrogens is 170 g/mol. The van der Waals surface area contributed by atoms with E-state index in [-0.39, 0.29) is 0 Å². The van der Waals surface area contributed by atoms with Crippen molar-refractivity contribution in [1.29, 1.82) is 0 Å². The first-order chi connectivity index (χ1) is 6.56. The van der Waals surface area contributed by atoms with E-state index in [0.717, 1.165) is 5.69 Å². The number of pyridine rings is 1. The summed E-state index contributed by atoms with van der Waals surface area (Å²) in [5, 5.41) is 0. The van der Waals surface area contributed by atoms with Crippen LogP contribution in [-0.4, -0.2) is 4.98 Å². The molecule has 1 heteroatoms. The Labute approximate surface area is 87.6 Å². The number of nitrogens with zero attached hydrogens (tertiary/aromatic N) is 1. The third kappa shape index (κ3) is 2.83. The normalized spacial score (nSPS) is 11.7. The lowest BCUT2D eigenvalue weighted by Crippen LogP contribution is -2.17. The van der Waals surface area contributed by atoms with Crippen LogP contribution in [0.1, 0.15) is 51.3 Å². The largest absolute Gasteiger partial charge is 0.262 e. The molecule has 1 aromatic rings. The Morgan fingerprint density at radius 1 is 1.36 bits per heavy atom. The van der Waals surface area contributed by atoms with Crippen LogP contribution < -0.4 is 0 Å². The van der Waals surface area contributed by atoms with E-state index >= 15 is 0 Å². The van der Waals surface area contributed by atoms with Gasteiger partial charge in [0.1, 0.15) is 0 Å². The zero-order chi connectivity index (χ0) is 10.6. The van der Waals surface area contributed by atoms with Gasteiger partial charge in [-0.2, -0.15) is 0 Å². The van der Waals surface area contributed by atoms with Gasteiger partial charge >= 0.3 is 0 Å². The Bertz CT molecular complexity index is 289. The van der Waals surface area contributed by atoms with Crippen molar-refractivity contribution in [2.24, 2.45) is 0 Å². The average molecular weight is 191 g/mol. The molecule has 1 rings (SSSR count). The second-order valence-electron chi connectivity index (χ2n) is 4.67. The molecule has 1 heterocycles. The summed E-state index contributed by atoms with van der Waals surface area (Å²) >= 11 is 0. The Morgan fingerprint density at radius 2 is 2.07 bits per heavy atom. The van der Waals surface area contributed by atoms with Crippen LogP contribution >= 0.6 is 0 Å². The van der Waals surface area contributed by atoms with Crippen LogP contribution in [0.5, 0.6) is 0 Å². The number of hydrogen-bond donors (Lipinski definition) is 0. The summed E-state index contributed by atoms with van der Waals surface area (Å²) < 4.78 is 0. The van der Waals surface area contributed by atoms with Crippen molar-refractivity contribution in [2.45, 2.75) is 52.4 Å².